The Morgan fingerprint density at radius 1 is 1.11 bits per heavy atom. The van der Waals surface area contributed by atoms with Crippen molar-refractivity contribution in [3.63, 3.8) is 0 Å². The number of rotatable bonds is 7. The zero-order valence-corrected chi connectivity index (χ0v) is 20.9. The summed E-state index contributed by atoms with van der Waals surface area (Å²) >= 11 is 0. The molecule has 1 saturated carbocycles. The van der Waals surface area contributed by atoms with Gasteiger partial charge in [-0.25, -0.2) is 14.4 Å². The maximum atomic E-state index is 14.4. The lowest BCUT2D eigenvalue weighted by Gasteiger charge is -2.32. The van der Waals surface area contributed by atoms with Crippen LogP contribution in [0.15, 0.2) is 24.5 Å². The number of piperidine rings is 1. The highest BCUT2D eigenvalue weighted by atomic mass is 19.1. The van der Waals surface area contributed by atoms with E-state index in [9.17, 15) is 4.39 Å². The van der Waals surface area contributed by atoms with Crippen LogP contribution in [0.2, 0.25) is 0 Å². The van der Waals surface area contributed by atoms with Crippen LogP contribution in [0.4, 0.5) is 16.0 Å². The van der Waals surface area contributed by atoms with Gasteiger partial charge >= 0.3 is 0 Å². The lowest BCUT2D eigenvalue weighted by Crippen LogP contribution is -2.41. The van der Waals surface area contributed by atoms with Gasteiger partial charge in [-0.15, -0.1) is 0 Å². The van der Waals surface area contributed by atoms with E-state index in [2.05, 4.69) is 43.2 Å². The van der Waals surface area contributed by atoms with Crippen LogP contribution in [0.5, 0.6) is 5.88 Å². The van der Waals surface area contributed by atoms with Crippen molar-refractivity contribution in [2.75, 3.05) is 36.9 Å². The SMILES string of the molecule is CCNc1cc2c(cn1)c(N1CCC(NC)CC1)nn2C1CCC(Oc2nccc(C)c2F)CC1. The molecule has 3 aromatic heterocycles. The van der Waals surface area contributed by atoms with Crippen LogP contribution in [0.3, 0.4) is 0 Å². The smallest absolute Gasteiger partial charge is 0.250 e. The van der Waals surface area contributed by atoms with Crippen LogP contribution in [0, 0.1) is 12.7 Å². The molecule has 0 atom stereocenters. The zero-order chi connectivity index (χ0) is 24.4. The average Bonchev–Trinajstić information content (AvgIpc) is 3.26. The molecule has 0 spiro atoms. The molecule has 0 bridgehead atoms. The van der Waals surface area contributed by atoms with Gasteiger partial charge in [-0.2, -0.15) is 5.10 Å². The van der Waals surface area contributed by atoms with Gasteiger partial charge in [0.2, 0.25) is 0 Å². The van der Waals surface area contributed by atoms with Gasteiger partial charge in [0, 0.05) is 44.1 Å². The van der Waals surface area contributed by atoms with E-state index in [1.807, 2.05) is 13.2 Å². The summed E-state index contributed by atoms with van der Waals surface area (Å²) in [4.78, 5) is 11.2. The number of aromatic nitrogens is 4. The Morgan fingerprint density at radius 2 is 1.89 bits per heavy atom. The topological polar surface area (TPSA) is 80.1 Å². The number of nitrogens with one attached hydrogen (secondary N) is 2. The minimum Gasteiger partial charge on any atom is -0.472 e. The summed E-state index contributed by atoms with van der Waals surface area (Å²) in [6.07, 6.45) is 9.30. The molecule has 0 aromatic carbocycles. The van der Waals surface area contributed by atoms with Crippen molar-refractivity contribution in [3.8, 4) is 5.88 Å². The zero-order valence-electron chi connectivity index (χ0n) is 20.9. The second-order valence-corrected chi connectivity index (χ2v) is 9.73. The Morgan fingerprint density at radius 3 is 2.60 bits per heavy atom. The Labute approximate surface area is 206 Å². The highest BCUT2D eigenvalue weighted by molar-refractivity contribution is 5.91. The van der Waals surface area contributed by atoms with Crippen molar-refractivity contribution in [2.24, 2.45) is 0 Å². The van der Waals surface area contributed by atoms with Crippen LogP contribution < -0.4 is 20.3 Å². The molecule has 188 valence electrons. The van der Waals surface area contributed by atoms with E-state index in [0.717, 1.165) is 80.7 Å². The highest BCUT2D eigenvalue weighted by Crippen LogP contribution is 2.37. The van der Waals surface area contributed by atoms with E-state index in [4.69, 9.17) is 9.84 Å². The molecule has 0 amide bonds. The number of ether oxygens (including phenoxy) is 1. The molecule has 9 heteroatoms. The number of hydrogen-bond acceptors (Lipinski definition) is 7. The first-order chi connectivity index (χ1) is 17.1. The number of pyridine rings is 2. The normalized spacial score (nSPS) is 21.4. The van der Waals surface area contributed by atoms with E-state index in [-0.39, 0.29) is 23.8 Å². The van der Waals surface area contributed by atoms with Gasteiger partial charge in [-0.3, -0.25) is 4.68 Å². The highest BCUT2D eigenvalue weighted by Gasteiger charge is 2.29. The van der Waals surface area contributed by atoms with Crippen molar-refractivity contribution in [1.29, 1.82) is 0 Å². The molecule has 1 aliphatic heterocycles. The van der Waals surface area contributed by atoms with Gasteiger partial charge in [0.1, 0.15) is 11.9 Å². The fraction of sp³-hybridized carbons (Fsp3) is 0.577. The molecule has 0 unspecified atom stereocenters. The van der Waals surface area contributed by atoms with Crippen LogP contribution in [0.1, 0.15) is 57.1 Å². The van der Waals surface area contributed by atoms with E-state index >= 15 is 0 Å². The number of aryl methyl sites for hydroxylation is 1. The molecule has 4 heterocycles. The predicted molar refractivity (Wildman–Crippen MR) is 137 cm³/mol. The standard InChI is InChI=1S/C26H36FN7O/c1-4-29-23-15-22-21(16-31-23)25(33-13-10-18(28-3)11-14-33)32-34(22)19-5-7-20(8-6-19)35-26-24(27)17(2)9-12-30-26/h9,12,15-16,18-20,28H,4-8,10-11,13-14H2,1-3H3,(H,29,31). The van der Waals surface area contributed by atoms with Crippen molar-refractivity contribution in [2.45, 2.75) is 70.6 Å². The number of anilines is 2. The Balaban J connectivity index is 1.36. The summed E-state index contributed by atoms with van der Waals surface area (Å²) in [5, 5.41) is 13.0. The van der Waals surface area contributed by atoms with Gasteiger partial charge in [-0.1, -0.05) is 0 Å². The van der Waals surface area contributed by atoms with Gasteiger partial charge in [-0.05, 0) is 71.0 Å². The van der Waals surface area contributed by atoms with E-state index in [1.54, 1.807) is 19.2 Å². The fourth-order valence-electron chi connectivity index (χ4n) is 5.35. The Hall–Kier alpha value is -2.94. The molecule has 35 heavy (non-hydrogen) atoms. The minimum absolute atomic E-state index is 0.0316. The Kier molecular flexibility index (Phi) is 7.04. The molecular weight excluding hydrogens is 445 g/mol. The summed E-state index contributed by atoms with van der Waals surface area (Å²) in [5.41, 5.74) is 1.68. The van der Waals surface area contributed by atoms with Crippen LogP contribution in [-0.2, 0) is 0 Å². The first-order valence-corrected chi connectivity index (χ1v) is 12.9. The third-order valence-corrected chi connectivity index (χ3v) is 7.45. The summed E-state index contributed by atoms with van der Waals surface area (Å²) < 4.78 is 22.5. The number of nitrogens with zero attached hydrogens (tertiary/aromatic N) is 5. The lowest BCUT2D eigenvalue weighted by molar-refractivity contribution is 0.120. The first-order valence-electron chi connectivity index (χ1n) is 12.9. The predicted octanol–water partition coefficient (Wildman–Crippen LogP) is 4.46. The molecule has 2 aliphatic rings. The molecule has 5 rings (SSSR count). The number of halogens is 1. The first kappa shape index (κ1) is 23.8. The summed E-state index contributed by atoms with van der Waals surface area (Å²) in [6.45, 7) is 6.61. The molecule has 3 aromatic rings. The molecule has 1 saturated heterocycles. The van der Waals surface area contributed by atoms with Crippen molar-refractivity contribution < 1.29 is 9.13 Å². The summed E-state index contributed by atoms with van der Waals surface area (Å²) in [5.74, 6) is 1.67. The lowest BCUT2D eigenvalue weighted by atomic mass is 9.93. The van der Waals surface area contributed by atoms with Gasteiger partial charge in [0.25, 0.3) is 5.88 Å². The summed E-state index contributed by atoms with van der Waals surface area (Å²) in [6, 6.07) is 4.64. The van der Waals surface area contributed by atoms with E-state index in [1.165, 1.54) is 0 Å². The van der Waals surface area contributed by atoms with Crippen molar-refractivity contribution in [3.05, 3.63) is 35.9 Å². The monoisotopic (exact) mass is 481 g/mol. The maximum Gasteiger partial charge on any atom is 0.250 e. The number of hydrogen-bond donors (Lipinski definition) is 2. The molecule has 0 radical (unpaired) electrons. The second-order valence-electron chi connectivity index (χ2n) is 9.73. The van der Waals surface area contributed by atoms with Crippen LogP contribution in [-0.4, -0.2) is 58.6 Å². The third-order valence-electron chi connectivity index (χ3n) is 7.45. The third kappa shape index (κ3) is 4.91. The molecule has 2 N–H and O–H groups in total. The van der Waals surface area contributed by atoms with Crippen molar-refractivity contribution >= 4 is 22.5 Å². The number of fused-ring (bicyclic) bond motifs is 1. The van der Waals surface area contributed by atoms with Gasteiger partial charge in [0.15, 0.2) is 11.6 Å². The molecular formula is C26H36FN7O. The fourth-order valence-corrected chi connectivity index (χ4v) is 5.35. The maximum absolute atomic E-state index is 14.4. The second kappa shape index (κ2) is 10.4. The molecule has 1 aliphatic carbocycles. The van der Waals surface area contributed by atoms with Gasteiger partial charge < -0.3 is 20.3 Å². The Bertz CT molecular complexity index is 1150. The summed E-state index contributed by atoms with van der Waals surface area (Å²) in [7, 11) is 2.04. The van der Waals surface area contributed by atoms with Gasteiger partial charge in [0.05, 0.1) is 16.9 Å². The average molecular weight is 482 g/mol. The minimum atomic E-state index is -0.358. The van der Waals surface area contributed by atoms with Crippen LogP contribution in [0.25, 0.3) is 10.9 Å². The van der Waals surface area contributed by atoms with Crippen LogP contribution >= 0.6 is 0 Å². The van der Waals surface area contributed by atoms with E-state index < -0.39 is 0 Å². The van der Waals surface area contributed by atoms with Crippen molar-refractivity contribution in [1.82, 2.24) is 25.1 Å². The molecule has 2 fully saturated rings. The molecule has 8 nitrogen and oxygen atoms in total. The quantitative estimate of drug-likeness (QED) is 0.516. The van der Waals surface area contributed by atoms with E-state index in [0.29, 0.717) is 11.6 Å². The largest absolute Gasteiger partial charge is 0.472 e.